The average Bonchev–Trinajstić information content (AvgIpc) is 2.65. The van der Waals surface area contributed by atoms with E-state index in [9.17, 15) is 4.79 Å². The SMILES string of the molecule is Cl.Cl.O=C(NCC(c1ccc(Cl)cc1)N1CCOCC1)C1CNCCO1. The van der Waals surface area contributed by atoms with Crippen LogP contribution in [0.25, 0.3) is 0 Å². The number of hydrogen-bond acceptors (Lipinski definition) is 5. The number of halogens is 3. The van der Waals surface area contributed by atoms with Crippen LogP contribution in [0.3, 0.4) is 0 Å². The Hall–Kier alpha value is -0.600. The van der Waals surface area contributed by atoms with Crippen molar-refractivity contribution in [1.29, 1.82) is 0 Å². The predicted molar refractivity (Wildman–Crippen MR) is 107 cm³/mol. The van der Waals surface area contributed by atoms with Crippen LogP contribution >= 0.6 is 36.4 Å². The van der Waals surface area contributed by atoms with E-state index in [2.05, 4.69) is 15.5 Å². The summed E-state index contributed by atoms with van der Waals surface area (Å²) in [6.07, 6.45) is -0.408. The molecule has 0 bridgehead atoms. The predicted octanol–water partition coefficient (Wildman–Crippen LogP) is 1.66. The van der Waals surface area contributed by atoms with Gasteiger partial charge in [0.05, 0.1) is 25.9 Å². The molecule has 0 aliphatic carbocycles. The van der Waals surface area contributed by atoms with Gasteiger partial charge in [0.25, 0.3) is 5.91 Å². The largest absolute Gasteiger partial charge is 0.379 e. The second-order valence-electron chi connectivity index (χ2n) is 6.02. The molecular weight excluding hydrogens is 401 g/mol. The molecule has 2 unspecified atom stereocenters. The van der Waals surface area contributed by atoms with Crippen LogP contribution in [0.1, 0.15) is 11.6 Å². The fourth-order valence-electron chi connectivity index (χ4n) is 3.08. The van der Waals surface area contributed by atoms with Crippen molar-refractivity contribution in [3.8, 4) is 0 Å². The smallest absolute Gasteiger partial charge is 0.250 e. The van der Waals surface area contributed by atoms with Crippen LogP contribution in [0.15, 0.2) is 24.3 Å². The molecule has 2 aliphatic heterocycles. The molecule has 1 amide bonds. The van der Waals surface area contributed by atoms with Gasteiger partial charge in [-0.2, -0.15) is 0 Å². The number of benzene rings is 1. The van der Waals surface area contributed by atoms with Crippen LogP contribution in [-0.4, -0.2) is 69.5 Å². The lowest BCUT2D eigenvalue weighted by molar-refractivity contribution is -0.134. The number of nitrogens with one attached hydrogen (secondary N) is 2. The maximum Gasteiger partial charge on any atom is 0.250 e. The quantitative estimate of drug-likeness (QED) is 0.750. The lowest BCUT2D eigenvalue weighted by atomic mass is 10.0. The summed E-state index contributed by atoms with van der Waals surface area (Å²) in [6.45, 7) is 5.61. The van der Waals surface area contributed by atoms with Gasteiger partial charge in [-0.1, -0.05) is 23.7 Å². The number of rotatable bonds is 5. The van der Waals surface area contributed by atoms with Crippen molar-refractivity contribution in [2.24, 2.45) is 0 Å². The molecule has 1 aromatic rings. The van der Waals surface area contributed by atoms with Gasteiger partial charge < -0.3 is 20.1 Å². The first-order chi connectivity index (χ1) is 11.7. The Labute approximate surface area is 171 Å². The molecule has 2 saturated heterocycles. The second-order valence-corrected chi connectivity index (χ2v) is 6.46. The van der Waals surface area contributed by atoms with Crippen molar-refractivity contribution in [2.75, 3.05) is 52.5 Å². The van der Waals surface area contributed by atoms with Gasteiger partial charge in [-0.15, -0.1) is 24.8 Å². The number of carbonyl (C=O) groups is 1. The van der Waals surface area contributed by atoms with Crippen LogP contribution in [0.2, 0.25) is 5.02 Å². The van der Waals surface area contributed by atoms with E-state index in [1.807, 2.05) is 24.3 Å². The number of amides is 1. The molecule has 2 fully saturated rings. The topological polar surface area (TPSA) is 62.8 Å². The van der Waals surface area contributed by atoms with Gasteiger partial charge in [-0.05, 0) is 17.7 Å². The van der Waals surface area contributed by atoms with E-state index in [0.29, 0.717) is 37.9 Å². The Balaban J connectivity index is 0.00000169. The molecule has 1 aromatic carbocycles. The van der Waals surface area contributed by atoms with Gasteiger partial charge in [0, 0.05) is 37.7 Å². The van der Waals surface area contributed by atoms with Crippen LogP contribution in [-0.2, 0) is 14.3 Å². The number of morpholine rings is 2. The van der Waals surface area contributed by atoms with Gasteiger partial charge in [0.2, 0.25) is 0 Å². The molecule has 0 saturated carbocycles. The van der Waals surface area contributed by atoms with Gasteiger partial charge >= 0.3 is 0 Å². The van der Waals surface area contributed by atoms with Crippen molar-refractivity contribution in [2.45, 2.75) is 12.1 Å². The van der Waals surface area contributed by atoms with E-state index in [1.54, 1.807) is 0 Å². The first-order valence-electron chi connectivity index (χ1n) is 8.41. The van der Waals surface area contributed by atoms with E-state index >= 15 is 0 Å². The molecule has 0 radical (unpaired) electrons. The second kappa shape index (κ2) is 12.0. The van der Waals surface area contributed by atoms with Gasteiger partial charge in [-0.3, -0.25) is 9.69 Å². The highest BCUT2D eigenvalue weighted by molar-refractivity contribution is 6.30. The van der Waals surface area contributed by atoms with Crippen LogP contribution in [0, 0.1) is 0 Å². The minimum Gasteiger partial charge on any atom is -0.379 e. The van der Waals surface area contributed by atoms with E-state index in [-0.39, 0.29) is 36.8 Å². The minimum atomic E-state index is -0.408. The molecule has 9 heteroatoms. The number of nitrogens with zero attached hydrogens (tertiary/aromatic N) is 1. The minimum absolute atomic E-state index is 0. The van der Waals surface area contributed by atoms with Gasteiger partial charge in [0.1, 0.15) is 6.10 Å². The highest BCUT2D eigenvalue weighted by Gasteiger charge is 2.26. The molecule has 2 N–H and O–H groups in total. The van der Waals surface area contributed by atoms with Crippen molar-refractivity contribution >= 4 is 42.3 Å². The zero-order valence-electron chi connectivity index (χ0n) is 14.5. The Kier molecular flexibility index (Phi) is 10.8. The summed E-state index contributed by atoms with van der Waals surface area (Å²) in [5.41, 5.74) is 1.14. The Morgan fingerprint density at radius 3 is 2.54 bits per heavy atom. The maximum atomic E-state index is 12.3. The third-order valence-electron chi connectivity index (χ3n) is 4.43. The standard InChI is InChI=1S/C17H24ClN3O3.2ClH/c18-14-3-1-13(2-4-14)15(21-6-9-23-10-7-21)11-20-17(22)16-12-19-5-8-24-16;;/h1-4,15-16,19H,5-12H2,(H,20,22);2*1H. The van der Waals surface area contributed by atoms with Crippen molar-refractivity contribution in [3.63, 3.8) is 0 Å². The highest BCUT2D eigenvalue weighted by Crippen LogP contribution is 2.23. The molecular formula is C17H26Cl3N3O3. The molecule has 0 aromatic heterocycles. The summed E-state index contributed by atoms with van der Waals surface area (Å²) in [5, 5.41) is 6.93. The number of carbonyl (C=O) groups excluding carboxylic acids is 1. The lowest BCUT2D eigenvalue weighted by Crippen LogP contribution is -2.50. The lowest BCUT2D eigenvalue weighted by Gasteiger charge is -2.35. The molecule has 0 spiro atoms. The summed E-state index contributed by atoms with van der Waals surface area (Å²) in [5.74, 6) is -0.0607. The first-order valence-corrected chi connectivity index (χ1v) is 8.79. The van der Waals surface area contributed by atoms with Crippen LogP contribution < -0.4 is 10.6 Å². The Morgan fingerprint density at radius 1 is 1.23 bits per heavy atom. The van der Waals surface area contributed by atoms with Crippen molar-refractivity contribution in [3.05, 3.63) is 34.9 Å². The van der Waals surface area contributed by atoms with Gasteiger partial charge in [-0.25, -0.2) is 0 Å². The summed E-state index contributed by atoms with van der Waals surface area (Å²) in [4.78, 5) is 14.7. The normalized spacial score (nSPS) is 21.8. The summed E-state index contributed by atoms with van der Waals surface area (Å²) in [7, 11) is 0. The van der Waals surface area contributed by atoms with Crippen molar-refractivity contribution < 1.29 is 14.3 Å². The third kappa shape index (κ3) is 6.53. The Morgan fingerprint density at radius 2 is 1.92 bits per heavy atom. The molecule has 26 heavy (non-hydrogen) atoms. The fraction of sp³-hybridized carbons (Fsp3) is 0.588. The molecule has 6 nitrogen and oxygen atoms in total. The van der Waals surface area contributed by atoms with Crippen LogP contribution in [0.5, 0.6) is 0 Å². The Bertz CT molecular complexity index is 536. The number of ether oxygens (including phenoxy) is 2. The first kappa shape index (κ1) is 23.4. The fourth-order valence-corrected chi connectivity index (χ4v) is 3.20. The zero-order valence-corrected chi connectivity index (χ0v) is 16.9. The van der Waals surface area contributed by atoms with E-state index < -0.39 is 6.10 Å². The molecule has 148 valence electrons. The molecule has 2 atom stereocenters. The van der Waals surface area contributed by atoms with E-state index in [4.69, 9.17) is 21.1 Å². The maximum absolute atomic E-state index is 12.3. The molecule has 2 heterocycles. The summed E-state index contributed by atoms with van der Waals surface area (Å²) in [6, 6.07) is 7.92. The van der Waals surface area contributed by atoms with Crippen LogP contribution in [0.4, 0.5) is 0 Å². The molecule has 3 rings (SSSR count). The van der Waals surface area contributed by atoms with Crippen molar-refractivity contribution in [1.82, 2.24) is 15.5 Å². The summed E-state index contributed by atoms with van der Waals surface area (Å²) < 4.78 is 11.0. The zero-order chi connectivity index (χ0) is 16.8. The van der Waals surface area contributed by atoms with E-state index in [0.717, 1.165) is 25.2 Å². The molecule has 2 aliphatic rings. The monoisotopic (exact) mass is 425 g/mol. The average molecular weight is 427 g/mol. The van der Waals surface area contributed by atoms with E-state index in [1.165, 1.54) is 0 Å². The summed E-state index contributed by atoms with van der Waals surface area (Å²) >= 11 is 6.00. The third-order valence-corrected chi connectivity index (χ3v) is 4.68. The highest BCUT2D eigenvalue weighted by atomic mass is 35.5. The number of hydrogen-bond donors (Lipinski definition) is 2. The van der Waals surface area contributed by atoms with Gasteiger partial charge in [0.15, 0.2) is 0 Å².